The Kier molecular flexibility index (Phi) is 4.77. The van der Waals surface area contributed by atoms with Gasteiger partial charge in [-0.1, -0.05) is 18.5 Å². The zero-order valence-corrected chi connectivity index (χ0v) is 12.5. The van der Waals surface area contributed by atoms with Crippen LogP contribution in [-0.4, -0.2) is 47.5 Å². The molecular formula is C13H19ClN4O2. The van der Waals surface area contributed by atoms with E-state index in [0.717, 1.165) is 32.5 Å². The van der Waals surface area contributed by atoms with Crippen molar-refractivity contribution in [1.29, 1.82) is 0 Å². The van der Waals surface area contributed by atoms with E-state index < -0.39 is 4.92 Å². The molecule has 1 aromatic heterocycles. The number of nitrogens with zero attached hydrogens (tertiary/aromatic N) is 4. The number of hydrogen-bond donors (Lipinski definition) is 0. The Hall–Kier alpha value is -1.40. The number of pyridine rings is 1. The minimum absolute atomic E-state index is 0.00909. The molecule has 0 unspecified atom stereocenters. The SMILES string of the molecule is CCN1CCC(N(C)c2nc(Cl)ccc2[N+](=O)[O-])CC1. The molecule has 1 aliphatic heterocycles. The van der Waals surface area contributed by atoms with Crippen LogP contribution in [0.1, 0.15) is 19.8 Å². The lowest BCUT2D eigenvalue weighted by molar-refractivity contribution is -0.384. The number of nitro groups is 1. The van der Waals surface area contributed by atoms with Crippen molar-refractivity contribution in [2.45, 2.75) is 25.8 Å². The largest absolute Gasteiger partial charge is 0.351 e. The lowest BCUT2D eigenvalue weighted by atomic mass is 10.0. The summed E-state index contributed by atoms with van der Waals surface area (Å²) in [7, 11) is 1.86. The van der Waals surface area contributed by atoms with Gasteiger partial charge in [0.25, 0.3) is 0 Å². The fourth-order valence-electron chi connectivity index (χ4n) is 2.62. The molecular weight excluding hydrogens is 280 g/mol. The summed E-state index contributed by atoms with van der Waals surface area (Å²) in [5.74, 6) is 0.359. The first kappa shape index (κ1) is 15.0. The van der Waals surface area contributed by atoms with Crippen LogP contribution in [0.4, 0.5) is 11.5 Å². The van der Waals surface area contributed by atoms with Crippen molar-refractivity contribution in [3.63, 3.8) is 0 Å². The highest BCUT2D eigenvalue weighted by atomic mass is 35.5. The molecule has 1 aliphatic rings. The molecule has 0 bridgehead atoms. The number of anilines is 1. The molecule has 1 saturated heterocycles. The van der Waals surface area contributed by atoms with Crippen LogP contribution < -0.4 is 4.90 Å². The minimum Gasteiger partial charge on any atom is -0.351 e. The van der Waals surface area contributed by atoms with Gasteiger partial charge in [-0.25, -0.2) is 4.98 Å². The maximum absolute atomic E-state index is 11.1. The van der Waals surface area contributed by atoms with Crippen LogP contribution in [0.2, 0.25) is 5.15 Å². The van der Waals surface area contributed by atoms with Crippen LogP contribution >= 0.6 is 11.6 Å². The van der Waals surface area contributed by atoms with Gasteiger partial charge in [-0.2, -0.15) is 0 Å². The van der Waals surface area contributed by atoms with Crippen LogP contribution in [0.5, 0.6) is 0 Å². The summed E-state index contributed by atoms with van der Waals surface area (Å²) in [6.07, 6.45) is 1.96. The highest BCUT2D eigenvalue weighted by Crippen LogP contribution is 2.30. The molecule has 0 radical (unpaired) electrons. The fraction of sp³-hybridized carbons (Fsp3) is 0.615. The fourth-order valence-corrected chi connectivity index (χ4v) is 2.76. The molecule has 0 amide bonds. The summed E-state index contributed by atoms with van der Waals surface area (Å²) in [6, 6.07) is 3.14. The quantitative estimate of drug-likeness (QED) is 0.486. The van der Waals surface area contributed by atoms with Gasteiger partial charge in [-0.05, 0) is 25.5 Å². The van der Waals surface area contributed by atoms with E-state index in [0.29, 0.717) is 5.82 Å². The molecule has 0 aliphatic carbocycles. The molecule has 0 N–H and O–H groups in total. The smallest absolute Gasteiger partial charge is 0.311 e. The van der Waals surface area contributed by atoms with Crippen molar-refractivity contribution in [2.75, 3.05) is 31.6 Å². The summed E-state index contributed by atoms with van der Waals surface area (Å²) in [4.78, 5) is 19.1. The molecule has 20 heavy (non-hydrogen) atoms. The molecule has 0 aromatic carbocycles. The summed E-state index contributed by atoms with van der Waals surface area (Å²) in [5, 5.41) is 11.4. The van der Waals surface area contributed by atoms with E-state index in [9.17, 15) is 10.1 Å². The van der Waals surface area contributed by atoms with Crippen molar-refractivity contribution >= 4 is 23.1 Å². The summed E-state index contributed by atoms with van der Waals surface area (Å²) >= 11 is 5.88. The predicted octanol–water partition coefficient (Wildman–Crippen LogP) is 2.56. The van der Waals surface area contributed by atoms with E-state index >= 15 is 0 Å². The zero-order valence-electron chi connectivity index (χ0n) is 11.8. The van der Waals surface area contributed by atoms with Gasteiger partial charge in [0.1, 0.15) is 5.15 Å². The Morgan fingerprint density at radius 3 is 2.70 bits per heavy atom. The van der Waals surface area contributed by atoms with E-state index in [4.69, 9.17) is 11.6 Å². The molecule has 1 fully saturated rings. The van der Waals surface area contributed by atoms with Crippen molar-refractivity contribution < 1.29 is 4.92 Å². The van der Waals surface area contributed by atoms with E-state index in [-0.39, 0.29) is 16.9 Å². The van der Waals surface area contributed by atoms with Gasteiger partial charge in [0.2, 0.25) is 5.82 Å². The number of piperidine rings is 1. The molecule has 1 aromatic rings. The number of likely N-dealkylation sites (tertiary alicyclic amines) is 1. The van der Waals surface area contributed by atoms with Crippen LogP contribution in [0, 0.1) is 10.1 Å². The van der Waals surface area contributed by atoms with Crippen LogP contribution in [0.15, 0.2) is 12.1 Å². The molecule has 0 saturated carbocycles. The zero-order chi connectivity index (χ0) is 14.7. The molecule has 110 valence electrons. The second-order valence-corrected chi connectivity index (χ2v) is 5.40. The standard InChI is InChI=1S/C13H19ClN4O2/c1-3-17-8-6-10(7-9-17)16(2)13-11(18(19)20)4-5-12(14)15-13/h4-5,10H,3,6-9H2,1-2H3. The third-order valence-corrected chi connectivity index (χ3v) is 4.11. The van der Waals surface area contributed by atoms with Gasteiger partial charge < -0.3 is 9.80 Å². The van der Waals surface area contributed by atoms with Crippen molar-refractivity contribution in [1.82, 2.24) is 9.88 Å². The van der Waals surface area contributed by atoms with Crippen LogP contribution in [0.25, 0.3) is 0 Å². The van der Waals surface area contributed by atoms with Gasteiger partial charge in [-0.3, -0.25) is 10.1 Å². The number of hydrogen-bond acceptors (Lipinski definition) is 5. The van der Waals surface area contributed by atoms with Gasteiger partial charge >= 0.3 is 5.69 Å². The number of rotatable bonds is 4. The Bertz CT molecular complexity index is 489. The summed E-state index contributed by atoms with van der Waals surface area (Å²) < 4.78 is 0. The first-order chi connectivity index (χ1) is 9.52. The maximum atomic E-state index is 11.1. The first-order valence-corrected chi connectivity index (χ1v) is 7.16. The van der Waals surface area contributed by atoms with Crippen molar-refractivity contribution in [3.8, 4) is 0 Å². The second kappa shape index (κ2) is 6.37. The summed E-state index contributed by atoms with van der Waals surface area (Å²) in [5.41, 5.74) is 0.00909. The second-order valence-electron chi connectivity index (χ2n) is 5.01. The average Bonchev–Trinajstić information content (AvgIpc) is 2.46. The van der Waals surface area contributed by atoms with Crippen LogP contribution in [0.3, 0.4) is 0 Å². The number of halogens is 1. The maximum Gasteiger partial charge on any atom is 0.311 e. The van der Waals surface area contributed by atoms with Crippen LogP contribution in [-0.2, 0) is 0 Å². The number of aromatic nitrogens is 1. The Labute approximate surface area is 123 Å². The van der Waals surface area contributed by atoms with E-state index in [1.165, 1.54) is 12.1 Å². The molecule has 2 rings (SSSR count). The summed E-state index contributed by atoms with van der Waals surface area (Å²) in [6.45, 7) is 5.22. The normalized spacial score (nSPS) is 17.1. The van der Waals surface area contributed by atoms with E-state index in [1.54, 1.807) is 0 Å². The molecule has 6 nitrogen and oxygen atoms in total. The van der Waals surface area contributed by atoms with E-state index in [1.807, 2.05) is 11.9 Å². The Morgan fingerprint density at radius 2 is 2.15 bits per heavy atom. The first-order valence-electron chi connectivity index (χ1n) is 6.79. The van der Waals surface area contributed by atoms with Crippen molar-refractivity contribution in [3.05, 3.63) is 27.4 Å². The van der Waals surface area contributed by atoms with Gasteiger partial charge in [0.15, 0.2) is 0 Å². The van der Waals surface area contributed by atoms with E-state index in [2.05, 4.69) is 16.8 Å². The third-order valence-electron chi connectivity index (χ3n) is 3.90. The lowest BCUT2D eigenvalue weighted by Crippen LogP contribution is -2.43. The Morgan fingerprint density at radius 1 is 1.50 bits per heavy atom. The highest BCUT2D eigenvalue weighted by molar-refractivity contribution is 6.29. The topological polar surface area (TPSA) is 62.5 Å². The van der Waals surface area contributed by atoms with Gasteiger partial charge in [0, 0.05) is 32.2 Å². The molecule has 0 atom stereocenters. The molecule has 0 spiro atoms. The van der Waals surface area contributed by atoms with Gasteiger partial charge in [0.05, 0.1) is 4.92 Å². The van der Waals surface area contributed by atoms with Gasteiger partial charge in [-0.15, -0.1) is 0 Å². The highest BCUT2D eigenvalue weighted by Gasteiger charge is 2.27. The minimum atomic E-state index is -0.406. The predicted molar refractivity (Wildman–Crippen MR) is 79.4 cm³/mol. The third kappa shape index (κ3) is 3.19. The molecule has 2 heterocycles. The molecule has 7 heteroatoms. The average molecular weight is 299 g/mol. The monoisotopic (exact) mass is 298 g/mol. The van der Waals surface area contributed by atoms with Crippen molar-refractivity contribution in [2.24, 2.45) is 0 Å². The lowest BCUT2D eigenvalue weighted by Gasteiger charge is -2.36. The Balaban J connectivity index is 2.18.